The van der Waals surface area contributed by atoms with E-state index in [1.54, 1.807) is 0 Å². The van der Waals surface area contributed by atoms with Crippen LogP contribution >= 0.6 is 0 Å². The van der Waals surface area contributed by atoms with Crippen LogP contribution < -0.4 is 0 Å². The molecule has 11 rings (SSSR count). The third kappa shape index (κ3) is 4.50. The number of rotatable bonds is 4. The van der Waals surface area contributed by atoms with Gasteiger partial charge in [0.15, 0.2) is 0 Å². The number of hydrogen-bond donors (Lipinski definition) is 0. The summed E-state index contributed by atoms with van der Waals surface area (Å²) >= 11 is 0. The van der Waals surface area contributed by atoms with Crippen LogP contribution in [-0.2, 0) is 5.41 Å². The van der Waals surface area contributed by atoms with Crippen LogP contribution in [0.1, 0.15) is 47.6 Å². The summed E-state index contributed by atoms with van der Waals surface area (Å²) in [4.78, 5) is 0. The molecule has 9 aromatic carbocycles. The Morgan fingerprint density at radius 2 is 0.685 bits per heavy atom. The van der Waals surface area contributed by atoms with Crippen molar-refractivity contribution in [3.8, 4) is 55.6 Å². The van der Waals surface area contributed by atoms with Gasteiger partial charge in [0, 0.05) is 0 Å². The summed E-state index contributed by atoms with van der Waals surface area (Å²) in [5.74, 6) is 0.396. The summed E-state index contributed by atoms with van der Waals surface area (Å²) in [5.41, 5.74) is 19.4. The second-order valence-corrected chi connectivity index (χ2v) is 15.5. The van der Waals surface area contributed by atoms with E-state index in [9.17, 15) is 0 Å². The second kappa shape index (κ2) is 11.8. The molecule has 0 radical (unpaired) electrons. The van der Waals surface area contributed by atoms with E-state index in [4.69, 9.17) is 0 Å². The Morgan fingerprint density at radius 1 is 0.296 bits per heavy atom. The van der Waals surface area contributed by atoms with Crippen LogP contribution in [0.2, 0.25) is 0 Å². The predicted molar refractivity (Wildman–Crippen MR) is 228 cm³/mol. The summed E-state index contributed by atoms with van der Waals surface area (Å²) in [6.45, 7) is 4.61. The van der Waals surface area contributed by atoms with Crippen molar-refractivity contribution in [3.05, 3.63) is 216 Å². The van der Waals surface area contributed by atoms with Gasteiger partial charge < -0.3 is 0 Å². The lowest BCUT2D eigenvalue weighted by atomic mass is 9.70. The summed E-state index contributed by atoms with van der Waals surface area (Å²) < 4.78 is 0. The third-order valence-electron chi connectivity index (χ3n) is 12.2. The smallest absolute Gasteiger partial charge is 0.0619 e. The highest BCUT2D eigenvalue weighted by atomic mass is 14.5. The van der Waals surface area contributed by atoms with Gasteiger partial charge in [0.25, 0.3) is 0 Å². The van der Waals surface area contributed by atoms with E-state index in [-0.39, 0.29) is 5.41 Å². The quantitative estimate of drug-likeness (QED) is 0.173. The first kappa shape index (κ1) is 31.1. The van der Waals surface area contributed by atoms with Crippen LogP contribution in [0.25, 0.3) is 77.2 Å². The largest absolute Gasteiger partial charge is 0.0725 e. The number of hydrogen-bond acceptors (Lipinski definition) is 0. The average Bonchev–Trinajstić information content (AvgIpc) is 3.70. The van der Waals surface area contributed by atoms with Crippen molar-refractivity contribution in [1.82, 2.24) is 0 Å². The van der Waals surface area contributed by atoms with Crippen molar-refractivity contribution < 1.29 is 0 Å². The van der Waals surface area contributed by atoms with Crippen molar-refractivity contribution in [2.45, 2.75) is 25.2 Å². The molecule has 0 heterocycles. The highest BCUT2D eigenvalue weighted by Crippen LogP contribution is 2.63. The van der Waals surface area contributed by atoms with Gasteiger partial charge in [-0.05, 0) is 141 Å². The highest BCUT2D eigenvalue weighted by molar-refractivity contribution is 5.97. The molecule has 2 aliphatic rings. The molecule has 0 atom stereocenters. The lowest BCUT2D eigenvalue weighted by molar-refractivity contribution is 0.794. The molecular formula is C54H38. The molecule has 1 spiro atoms. The third-order valence-corrected chi connectivity index (χ3v) is 12.2. The monoisotopic (exact) mass is 686 g/mol. The normalized spacial score (nSPS) is 13.3. The van der Waals surface area contributed by atoms with Crippen molar-refractivity contribution in [2.24, 2.45) is 0 Å². The number of benzene rings is 9. The fraction of sp³-hybridized carbons (Fsp3) is 0.0741. The van der Waals surface area contributed by atoms with E-state index >= 15 is 0 Å². The Balaban J connectivity index is 1.04. The van der Waals surface area contributed by atoms with E-state index in [2.05, 4.69) is 202 Å². The van der Waals surface area contributed by atoms with Crippen molar-refractivity contribution >= 4 is 21.5 Å². The Morgan fingerprint density at radius 3 is 1.22 bits per heavy atom. The first-order valence-electron chi connectivity index (χ1n) is 19.2. The summed E-state index contributed by atoms with van der Waals surface area (Å²) in [6.07, 6.45) is 0. The zero-order chi connectivity index (χ0) is 36.0. The molecule has 0 fully saturated rings. The van der Waals surface area contributed by atoms with Gasteiger partial charge in [-0.15, -0.1) is 0 Å². The standard InChI is InChI=1S/C54H38/c1-34(2)43-30-44(41-24-23-39-28-38(21-22-40(39)29-41)37-20-19-35-11-3-4-12-36(35)27-37)32-45(31-43)42-25-26-49-48-15-7-10-18-52(48)54(53(49)33-42)50-16-8-5-13-46(50)47-14-6-9-17-51(47)54/h3-34H,1-2H3. The van der Waals surface area contributed by atoms with Gasteiger partial charge >= 0.3 is 0 Å². The van der Waals surface area contributed by atoms with Crippen LogP contribution in [0.3, 0.4) is 0 Å². The molecule has 0 unspecified atom stereocenters. The fourth-order valence-corrected chi connectivity index (χ4v) is 9.57. The fourth-order valence-electron chi connectivity index (χ4n) is 9.57. The predicted octanol–water partition coefficient (Wildman–Crippen LogP) is 14.5. The molecule has 0 amide bonds. The van der Waals surface area contributed by atoms with Gasteiger partial charge in [-0.1, -0.05) is 172 Å². The van der Waals surface area contributed by atoms with E-state index in [0.717, 1.165) is 0 Å². The molecule has 54 heavy (non-hydrogen) atoms. The summed E-state index contributed by atoms with van der Waals surface area (Å²) in [7, 11) is 0. The number of fused-ring (bicyclic) bond motifs is 12. The van der Waals surface area contributed by atoms with Gasteiger partial charge in [-0.25, -0.2) is 0 Å². The van der Waals surface area contributed by atoms with Gasteiger partial charge in [0.05, 0.1) is 5.41 Å². The van der Waals surface area contributed by atoms with Crippen LogP contribution in [0.5, 0.6) is 0 Å². The van der Waals surface area contributed by atoms with Crippen LogP contribution in [0.15, 0.2) is 188 Å². The topological polar surface area (TPSA) is 0 Å². The average molecular weight is 687 g/mol. The minimum absolute atomic E-state index is 0.350. The van der Waals surface area contributed by atoms with Crippen LogP contribution in [0.4, 0.5) is 0 Å². The van der Waals surface area contributed by atoms with Crippen molar-refractivity contribution in [2.75, 3.05) is 0 Å². The molecule has 0 bridgehead atoms. The second-order valence-electron chi connectivity index (χ2n) is 15.5. The van der Waals surface area contributed by atoms with Gasteiger partial charge in [-0.2, -0.15) is 0 Å². The Bertz CT molecular complexity index is 2910. The minimum Gasteiger partial charge on any atom is -0.0619 e. The molecule has 0 N–H and O–H groups in total. The van der Waals surface area contributed by atoms with Crippen LogP contribution in [-0.4, -0.2) is 0 Å². The van der Waals surface area contributed by atoms with E-state index in [0.29, 0.717) is 5.92 Å². The summed E-state index contributed by atoms with van der Waals surface area (Å²) in [5, 5.41) is 5.05. The van der Waals surface area contributed by atoms with Crippen LogP contribution in [0, 0.1) is 0 Å². The SMILES string of the molecule is CC(C)c1cc(-c2ccc3c(c2)C2(c4ccccc4-c4ccccc42)c2ccccc2-3)cc(-c2ccc3cc(-c4ccc5ccccc5c4)ccc3c2)c1. The van der Waals surface area contributed by atoms with E-state index in [1.807, 2.05) is 0 Å². The molecule has 254 valence electrons. The van der Waals surface area contributed by atoms with E-state index < -0.39 is 0 Å². The molecule has 0 nitrogen and oxygen atoms in total. The van der Waals surface area contributed by atoms with Crippen molar-refractivity contribution in [3.63, 3.8) is 0 Å². The highest BCUT2D eigenvalue weighted by Gasteiger charge is 2.51. The molecular weight excluding hydrogens is 649 g/mol. The molecule has 9 aromatic rings. The molecule has 0 saturated heterocycles. The minimum atomic E-state index is -0.350. The molecule has 0 saturated carbocycles. The first-order valence-corrected chi connectivity index (χ1v) is 19.2. The van der Waals surface area contributed by atoms with Crippen molar-refractivity contribution in [1.29, 1.82) is 0 Å². The van der Waals surface area contributed by atoms with Gasteiger partial charge in [-0.3, -0.25) is 0 Å². The lowest BCUT2D eigenvalue weighted by Crippen LogP contribution is -2.25. The molecule has 2 aliphatic carbocycles. The molecule has 0 aliphatic heterocycles. The zero-order valence-electron chi connectivity index (χ0n) is 30.5. The first-order chi connectivity index (χ1) is 26.6. The zero-order valence-corrected chi connectivity index (χ0v) is 30.5. The Hall–Kier alpha value is -6.50. The van der Waals surface area contributed by atoms with Gasteiger partial charge in [0.1, 0.15) is 0 Å². The maximum Gasteiger partial charge on any atom is 0.0725 e. The maximum absolute atomic E-state index is 2.51. The Kier molecular flexibility index (Phi) is 6.76. The lowest BCUT2D eigenvalue weighted by Gasteiger charge is -2.30. The Labute approximate surface area is 317 Å². The molecule has 0 aromatic heterocycles. The van der Waals surface area contributed by atoms with E-state index in [1.165, 1.54) is 105 Å². The maximum atomic E-state index is 2.51. The summed E-state index contributed by atoms with van der Waals surface area (Å²) in [6, 6.07) is 70.8. The van der Waals surface area contributed by atoms with Gasteiger partial charge in [0.2, 0.25) is 0 Å². The molecule has 0 heteroatoms.